The standard InChI is InChI=1S/C10H17NO2/c11-10(8(12)13)7-2-1-4-9(10)5-3-6-9/h1-7,11H2,(H,12,13). The van der Waals surface area contributed by atoms with Gasteiger partial charge in [0.25, 0.3) is 0 Å². The van der Waals surface area contributed by atoms with Crippen molar-refractivity contribution in [1.82, 2.24) is 0 Å². The Kier molecular flexibility index (Phi) is 1.88. The summed E-state index contributed by atoms with van der Waals surface area (Å²) < 4.78 is 0. The minimum atomic E-state index is -0.913. The number of nitrogens with two attached hydrogens (primary N) is 1. The molecule has 3 heteroatoms. The molecule has 1 atom stereocenters. The molecular formula is C10H17NO2. The Morgan fingerprint density at radius 3 is 2.00 bits per heavy atom. The molecular weight excluding hydrogens is 166 g/mol. The van der Waals surface area contributed by atoms with Gasteiger partial charge in [0.05, 0.1) is 0 Å². The number of aliphatic carboxylic acids is 1. The number of rotatable bonds is 1. The second kappa shape index (κ2) is 2.71. The van der Waals surface area contributed by atoms with Gasteiger partial charge in [-0.05, 0) is 31.1 Å². The topological polar surface area (TPSA) is 63.3 Å². The van der Waals surface area contributed by atoms with E-state index in [0.29, 0.717) is 6.42 Å². The Labute approximate surface area is 78.3 Å². The first-order chi connectivity index (χ1) is 6.11. The zero-order valence-electron chi connectivity index (χ0n) is 7.88. The second-order valence-corrected chi connectivity index (χ2v) is 4.62. The van der Waals surface area contributed by atoms with Gasteiger partial charge >= 0.3 is 5.97 Å². The maximum absolute atomic E-state index is 11.2. The molecule has 0 aromatic heterocycles. The van der Waals surface area contributed by atoms with Gasteiger partial charge in [0.15, 0.2) is 0 Å². The maximum atomic E-state index is 11.2. The number of hydrogen-bond donors (Lipinski definition) is 2. The second-order valence-electron chi connectivity index (χ2n) is 4.62. The molecule has 2 aliphatic rings. The van der Waals surface area contributed by atoms with E-state index in [1.807, 2.05) is 0 Å². The SMILES string of the molecule is NC1(C(=O)O)CCCCC12CCC2. The maximum Gasteiger partial charge on any atom is 0.324 e. The van der Waals surface area contributed by atoms with Crippen LogP contribution in [0.3, 0.4) is 0 Å². The van der Waals surface area contributed by atoms with Gasteiger partial charge in [0, 0.05) is 0 Å². The number of carboxylic acid groups (broad SMARTS) is 1. The fraction of sp³-hybridized carbons (Fsp3) is 0.900. The highest BCUT2D eigenvalue weighted by Gasteiger charge is 2.57. The molecule has 3 N–H and O–H groups in total. The third kappa shape index (κ3) is 1.03. The minimum Gasteiger partial charge on any atom is -0.480 e. The van der Waals surface area contributed by atoms with E-state index in [2.05, 4.69) is 0 Å². The summed E-state index contributed by atoms with van der Waals surface area (Å²) in [4.78, 5) is 11.2. The summed E-state index contributed by atoms with van der Waals surface area (Å²) in [5.74, 6) is -0.785. The Balaban J connectivity index is 2.27. The van der Waals surface area contributed by atoms with E-state index in [1.165, 1.54) is 0 Å². The molecule has 2 fully saturated rings. The lowest BCUT2D eigenvalue weighted by atomic mass is 9.51. The van der Waals surface area contributed by atoms with Crippen molar-refractivity contribution in [2.24, 2.45) is 11.1 Å². The fourth-order valence-corrected chi connectivity index (χ4v) is 2.99. The van der Waals surface area contributed by atoms with Gasteiger partial charge in [-0.15, -0.1) is 0 Å². The van der Waals surface area contributed by atoms with Crippen molar-refractivity contribution in [2.75, 3.05) is 0 Å². The van der Waals surface area contributed by atoms with Crippen molar-refractivity contribution >= 4 is 5.97 Å². The molecule has 1 spiro atoms. The summed E-state index contributed by atoms with van der Waals surface area (Å²) in [5.41, 5.74) is 5.08. The predicted molar refractivity (Wildman–Crippen MR) is 49.3 cm³/mol. The highest BCUT2D eigenvalue weighted by Crippen LogP contribution is 2.56. The van der Waals surface area contributed by atoms with Crippen LogP contribution in [-0.4, -0.2) is 16.6 Å². The van der Waals surface area contributed by atoms with Crippen LogP contribution in [0.1, 0.15) is 44.9 Å². The van der Waals surface area contributed by atoms with Crippen molar-refractivity contribution in [3.05, 3.63) is 0 Å². The lowest BCUT2D eigenvalue weighted by Crippen LogP contribution is -2.65. The Morgan fingerprint density at radius 2 is 1.62 bits per heavy atom. The van der Waals surface area contributed by atoms with Crippen molar-refractivity contribution < 1.29 is 9.90 Å². The van der Waals surface area contributed by atoms with Crippen LogP contribution in [0.25, 0.3) is 0 Å². The zero-order chi connectivity index (χ0) is 9.53. The normalized spacial score (nSPS) is 37.0. The first-order valence-corrected chi connectivity index (χ1v) is 5.13. The molecule has 74 valence electrons. The molecule has 0 radical (unpaired) electrons. The van der Waals surface area contributed by atoms with Gasteiger partial charge in [0.1, 0.15) is 5.54 Å². The molecule has 1 unspecified atom stereocenters. The molecule has 13 heavy (non-hydrogen) atoms. The summed E-state index contributed by atoms with van der Waals surface area (Å²) in [6.07, 6.45) is 7.03. The van der Waals surface area contributed by atoms with Crippen LogP contribution in [0.5, 0.6) is 0 Å². The van der Waals surface area contributed by atoms with Crippen LogP contribution in [0.15, 0.2) is 0 Å². The van der Waals surface area contributed by atoms with Gasteiger partial charge in [-0.3, -0.25) is 4.79 Å². The third-order valence-electron chi connectivity index (χ3n) is 4.12. The van der Waals surface area contributed by atoms with E-state index in [1.54, 1.807) is 0 Å². The molecule has 3 nitrogen and oxygen atoms in total. The molecule has 0 bridgehead atoms. The monoisotopic (exact) mass is 183 g/mol. The van der Waals surface area contributed by atoms with Crippen LogP contribution in [0, 0.1) is 5.41 Å². The molecule has 2 aliphatic carbocycles. The minimum absolute atomic E-state index is 0.0446. The molecule has 0 heterocycles. The van der Waals surface area contributed by atoms with Crippen molar-refractivity contribution in [3.8, 4) is 0 Å². The summed E-state index contributed by atoms with van der Waals surface area (Å²) in [6.45, 7) is 0. The Bertz CT molecular complexity index is 235. The molecule has 0 saturated heterocycles. The summed E-state index contributed by atoms with van der Waals surface area (Å²) in [5, 5.41) is 9.17. The van der Waals surface area contributed by atoms with Crippen molar-refractivity contribution in [2.45, 2.75) is 50.5 Å². The van der Waals surface area contributed by atoms with Crippen LogP contribution < -0.4 is 5.73 Å². The first-order valence-electron chi connectivity index (χ1n) is 5.13. The van der Waals surface area contributed by atoms with Gasteiger partial charge in [-0.2, -0.15) is 0 Å². The van der Waals surface area contributed by atoms with Gasteiger partial charge in [0.2, 0.25) is 0 Å². The molecule has 0 amide bonds. The van der Waals surface area contributed by atoms with E-state index < -0.39 is 11.5 Å². The van der Waals surface area contributed by atoms with E-state index in [4.69, 9.17) is 5.73 Å². The number of carboxylic acids is 1. The summed E-state index contributed by atoms with van der Waals surface area (Å²) in [7, 11) is 0. The first kappa shape index (κ1) is 9.00. The smallest absolute Gasteiger partial charge is 0.324 e. The van der Waals surface area contributed by atoms with Crippen molar-refractivity contribution in [1.29, 1.82) is 0 Å². The molecule has 0 aromatic rings. The van der Waals surface area contributed by atoms with Gasteiger partial charge < -0.3 is 10.8 Å². The molecule has 2 rings (SSSR count). The van der Waals surface area contributed by atoms with Crippen molar-refractivity contribution in [3.63, 3.8) is 0 Å². The third-order valence-corrected chi connectivity index (χ3v) is 4.12. The average Bonchev–Trinajstić information content (AvgIpc) is 2.02. The fourth-order valence-electron chi connectivity index (χ4n) is 2.99. The van der Waals surface area contributed by atoms with Crippen LogP contribution in [-0.2, 0) is 4.79 Å². The predicted octanol–water partition coefficient (Wildman–Crippen LogP) is 1.51. The van der Waals surface area contributed by atoms with E-state index >= 15 is 0 Å². The number of carbonyl (C=O) groups is 1. The lowest BCUT2D eigenvalue weighted by Gasteiger charge is -2.54. The Morgan fingerprint density at radius 1 is 1.08 bits per heavy atom. The van der Waals surface area contributed by atoms with E-state index in [9.17, 15) is 9.90 Å². The van der Waals surface area contributed by atoms with Gasteiger partial charge in [-0.25, -0.2) is 0 Å². The van der Waals surface area contributed by atoms with Crippen LogP contribution >= 0.6 is 0 Å². The van der Waals surface area contributed by atoms with Crippen LogP contribution in [0.4, 0.5) is 0 Å². The quantitative estimate of drug-likeness (QED) is 0.647. The van der Waals surface area contributed by atoms with Crippen LogP contribution in [0.2, 0.25) is 0 Å². The largest absolute Gasteiger partial charge is 0.480 e. The van der Waals surface area contributed by atoms with Gasteiger partial charge in [-0.1, -0.05) is 19.3 Å². The lowest BCUT2D eigenvalue weighted by molar-refractivity contribution is -0.156. The van der Waals surface area contributed by atoms with E-state index in [-0.39, 0.29) is 5.41 Å². The summed E-state index contributed by atoms with van der Waals surface area (Å²) in [6, 6.07) is 0. The zero-order valence-corrected chi connectivity index (χ0v) is 7.88. The number of hydrogen-bond acceptors (Lipinski definition) is 2. The molecule has 0 aromatic carbocycles. The Hall–Kier alpha value is -0.570. The molecule has 2 saturated carbocycles. The average molecular weight is 183 g/mol. The highest BCUT2D eigenvalue weighted by atomic mass is 16.4. The molecule has 0 aliphatic heterocycles. The van der Waals surface area contributed by atoms with E-state index in [0.717, 1.165) is 38.5 Å². The highest BCUT2D eigenvalue weighted by molar-refractivity contribution is 5.80. The summed E-state index contributed by atoms with van der Waals surface area (Å²) >= 11 is 0.